The normalized spacial score (nSPS) is 12.2. The van der Waals surface area contributed by atoms with Crippen LogP contribution in [0.15, 0.2) is 60.8 Å². The predicted molar refractivity (Wildman–Crippen MR) is 109 cm³/mol. The number of halogens is 3. The molecule has 168 valence electrons. The first-order chi connectivity index (χ1) is 15.2. The van der Waals surface area contributed by atoms with E-state index in [4.69, 9.17) is 4.74 Å². The van der Waals surface area contributed by atoms with Gasteiger partial charge in [0.15, 0.2) is 5.69 Å². The fraction of sp³-hybridized carbons (Fsp3) is 0.227. The molecule has 0 aliphatic heterocycles. The highest BCUT2D eigenvalue weighted by molar-refractivity contribution is 5.92. The van der Waals surface area contributed by atoms with Gasteiger partial charge in [0.2, 0.25) is 0 Å². The average Bonchev–Trinajstić information content (AvgIpc) is 3.26. The molecule has 2 N–H and O–H groups in total. The Bertz CT molecular complexity index is 1110. The Hall–Kier alpha value is -3.82. The third kappa shape index (κ3) is 5.45. The molecule has 0 bridgehead atoms. The lowest BCUT2D eigenvalue weighted by Crippen LogP contribution is -2.34. The molecule has 0 fully saturated rings. The van der Waals surface area contributed by atoms with Gasteiger partial charge in [0, 0.05) is 12.7 Å². The summed E-state index contributed by atoms with van der Waals surface area (Å²) in [6.45, 7) is -0.164. The average molecular weight is 447 g/mol. The number of alkyl halides is 3. The number of aromatic nitrogens is 2. The quantitative estimate of drug-likeness (QED) is 0.551. The lowest BCUT2D eigenvalue weighted by molar-refractivity contribution is -0.141. The summed E-state index contributed by atoms with van der Waals surface area (Å²) >= 11 is 0. The molecule has 3 rings (SSSR count). The molecular formula is C22H20F3N3O4. The maximum Gasteiger partial charge on any atom is 0.416 e. The molecule has 0 aliphatic rings. The summed E-state index contributed by atoms with van der Waals surface area (Å²) in [7, 11) is 1.48. The van der Waals surface area contributed by atoms with Crippen molar-refractivity contribution in [1.29, 1.82) is 0 Å². The van der Waals surface area contributed by atoms with E-state index in [0.29, 0.717) is 11.3 Å². The molecule has 2 aromatic carbocycles. The monoisotopic (exact) mass is 447 g/mol. The first-order valence-electron chi connectivity index (χ1n) is 9.55. The molecule has 0 saturated heterocycles. The number of carboxylic acid groups (broad SMARTS) is 1. The molecule has 1 heterocycles. The zero-order valence-electron chi connectivity index (χ0n) is 17.0. The van der Waals surface area contributed by atoms with Crippen molar-refractivity contribution >= 4 is 11.9 Å². The van der Waals surface area contributed by atoms with Crippen molar-refractivity contribution in [2.24, 2.45) is 5.92 Å². The van der Waals surface area contributed by atoms with E-state index in [1.807, 2.05) is 0 Å². The highest BCUT2D eigenvalue weighted by Crippen LogP contribution is 2.30. The summed E-state index contributed by atoms with van der Waals surface area (Å²) < 4.78 is 45.1. The Balaban J connectivity index is 1.68. The largest absolute Gasteiger partial charge is 0.496 e. The lowest BCUT2D eigenvalue weighted by atomic mass is 9.98. The molecule has 32 heavy (non-hydrogen) atoms. The van der Waals surface area contributed by atoms with E-state index in [1.165, 1.54) is 31.5 Å². The maximum atomic E-state index is 12.9. The highest BCUT2D eigenvalue weighted by Gasteiger charge is 2.30. The van der Waals surface area contributed by atoms with Crippen LogP contribution in [-0.2, 0) is 17.4 Å². The van der Waals surface area contributed by atoms with Crippen LogP contribution in [-0.4, -0.2) is 40.4 Å². The number of benzene rings is 2. The van der Waals surface area contributed by atoms with Gasteiger partial charge in [-0.05, 0) is 42.3 Å². The van der Waals surface area contributed by atoms with Gasteiger partial charge in [0.05, 0.1) is 24.3 Å². The number of aliphatic carboxylic acids is 1. The number of carboxylic acids is 1. The number of carbonyl (C=O) groups excluding carboxylic acids is 1. The standard InChI is InChI=1S/C22H20F3N3O4/c1-32-19-8-3-2-5-14(19)11-15(21(30)31)13-26-20(29)18-9-10-28(27-18)17-7-4-6-16(12-17)22(23,24)25/h2-10,12,15H,11,13H2,1H3,(H,26,29)(H,30,31)/t15-/m0/s1. The molecule has 1 aromatic heterocycles. The number of para-hydroxylation sites is 1. The van der Waals surface area contributed by atoms with Gasteiger partial charge in [0.1, 0.15) is 5.75 Å². The fourth-order valence-corrected chi connectivity index (χ4v) is 3.10. The summed E-state index contributed by atoms with van der Waals surface area (Å²) in [6, 6.07) is 12.9. The first kappa shape index (κ1) is 22.9. The van der Waals surface area contributed by atoms with Crippen LogP contribution in [0.2, 0.25) is 0 Å². The van der Waals surface area contributed by atoms with Crippen molar-refractivity contribution in [2.75, 3.05) is 13.7 Å². The van der Waals surface area contributed by atoms with E-state index in [0.717, 1.165) is 16.8 Å². The molecule has 3 aromatic rings. The van der Waals surface area contributed by atoms with Crippen LogP contribution in [0.25, 0.3) is 5.69 Å². The number of hydrogen-bond donors (Lipinski definition) is 2. The van der Waals surface area contributed by atoms with E-state index < -0.39 is 29.5 Å². The zero-order valence-corrected chi connectivity index (χ0v) is 17.0. The van der Waals surface area contributed by atoms with Crippen molar-refractivity contribution in [1.82, 2.24) is 15.1 Å². The second-order valence-electron chi connectivity index (χ2n) is 6.95. The summed E-state index contributed by atoms with van der Waals surface area (Å²) in [5, 5.41) is 16.1. The van der Waals surface area contributed by atoms with Crippen molar-refractivity contribution in [3.8, 4) is 11.4 Å². The summed E-state index contributed by atoms with van der Waals surface area (Å²) in [4.78, 5) is 24.1. The molecular weight excluding hydrogens is 427 g/mol. The molecule has 1 amide bonds. The summed E-state index contributed by atoms with van der Waals surface area (Å²) in [5.74, 6) is -2.10. The molecule has 7 nitrogen and oxygen atoms in total. The zero-order chi connectivity index (χ0) is 23.3. The van der Waals surface area contributed by atoms with E-state index in [9.17, 15) is 27.9 Å². The number of carbonyl (C=O) groups is 2. The fourth-order valence-electron chi connectivity index (χ4n) is 3.10. The third-order valence-corrected chi connectivity index (χ3v) is 4.78. The Kier molecular flexibility index (Phi) is 6.82. The van der Waals surface area contributed by atoms with Crippen LogP contribution in [0, 0.1) is 5.92 Å². The molecule has 1 atom stereocenters. The van der Waals surface area contributed by atoms with Gasteiger partial charge in [-0.2, -0.15) is 18.3 Å². The predicted octanol–water partition coefficient (Wildman–Crippen LogP) is 3.57. The lowest BCUT2D eigenvalue weighted by Gasteiger charge is -2.15. The Morgan fingerprint density at radius 2 is 1.91 bits per heavy atom. The minimum Gasteiger partial charge on any atom is -0.496 e. The minimum atomic E-state index is -4.50. The van der Waals surface area contributed by atoms with Gasteiger partial charge < -0.3 is 15.2 Å². The van der Waals surface area contributed by atoms with Crippen molar-refractivity contribution in [2.45, 2.75) is 12.6 Å². The number of nitrogens with one attached hydrogen (secondary N) is 1. The number of methoxy groups -OCH3 is 1. The van der Waals surface area contributed by atoms with Gasteiger partial charge in [-0.3, -0.25) is 9.59 Å². The maximum absolute atomic E-state index is 12.9. The SMILES string of the molecule is COc1ccccc1C[C@@H](CNC(=O)c1ccn(-c2cccc(C(F)(F)F)c2)n1)C(=O)O. The number of nitrogens with zero attached hydrogens (tertiary/aromatic N) is 2. The Morgan fingerprint density at radius 3 is 2.59 bits per heavy atom. The van der Waals surface area contributed by atoms with E-state index in [-0.39, 0.29) is 24.3 Å². The van der Waals surface area contributed by atoms with Crippen LogP contribution in [0.4, 0.5) is 13.2 Å². The van der Waals surface area contributed by atoms with Gasteiger partial charge in [-0.25, -0.2) is 4.68 Å². The molecule has 0 spiro atoms. The van der Waals surface area contributed by atoms with Gasteiger partial charge in [0.25, 0.3) is 5.91 Å². The van der Waals surface area contributed by atoms with E-state index in [2.05, 4.69) is 10.4 Å². The van der Waals surface area contributed by atoms with Crippen LogP contribution < -0.4 is 10.1 Å². The van der Waals surface area contributed by atoms with E-state index in [1.54, 1.807) is 24.3 Å². The van der Waals surface area contributed by atoms with Gasteiger partial charge >= 0.3 is 12.1 Å². The molecule has 0 aliphatic carbocycles. The highest BCUT2D eigenvalue weighted by atomic mass is 19.4. The van der Waals surface area contributed by atoms with Crippen LogP contribution in [0.1, 0.15) is 21.6 Å². The topological polar surface area (TPSA) is 93.5 Å². The van der Waals surface area contributed by atoms with Gasteiger partial charge in [-0.15, -0.1) is 0 Å². The number of hydrogen-bond acceptors (Lipinski definition) is 4. The molecule has 0 saturated carbocycles. The molecule has 10 heteroatoms. The van der Waals surface area contributed by atoms with Crippen molar-refractivity contribution in [3.63, 3.8) is 0 Å². The summed E-state index contributed by atoms with van der Waals surface area (Å²) in [5.41, 5.74) is -0.0649. The summed E-state index contributed by atoms with van der Waals surface area (Å²) in [6.07, 6.45) is -3.01. The third-order valence-electron chi connectivity index (χ3n) is 4.78. The van der Waals surface area contributed by atoms with Crippen LogP contribution in [0.3, 0.4) is 0 Å². The second kappa shape index (κ2) is 9.54. The van der Waals surface area contributed by atoms with Crippen molar-refractivity contribution < 1.29 is 32.6 Å². The number of rotatable bonds is 8. The Morgan fingerprint density at radius 1 is 1.16 bits per heavy atom. The second-order valence-corrected chi connectivity index (χ2v) is 6.95. The smallest absolute Gasteiger partial charge is 0.416 e. The minimum absolute atomic E-state index is 0.0520. The number of amides is 1. The van der Waals surface area contributed by atoms with Gasteiger partial charge in [-0.1, -0.05) is 24.3 Å². The van der Waals surface area contributed by atoms with Crippen LogP contribution >= 0.6 is 0 Å². The van der Waals surface area contributed by atoms with E-state index >= 15 is 0 Å². The first-order valence-corrected chi connectivity index (χ1v) is 9.55. The number of ether oxygens (including phenoxy) is 1. The molecule has 0 radical (unpaired) electrons. The van der Waals surface area contributed by atoms with Crippen molar-refractivity contribution in [3.05, 3.63) is 77.6 Å². The van der Waals surface area contributed by atoms with Crippen LogP contribution in [0.5, 0.6) is 5.75 Å². The Labute approximate surface area is 181 Å². The molecule has 0 unspecified atom stereocenters.